The summed E-state index contributed by atoms with van der Waals surface area (Å²) in [5.74, 6) is 3.16. The number of methoxy groups -OCH3 is 1. The maximum absolute atomic E-state index is 11.8. The zero-order valence-corrected chi connectivity index (χ0v) is 9.23. The minimum Gasteiger partial charge on any atom is -0.385 e. The lowest BCUT2D eigenvalue weighted by molar-refractivity contribution is -0.126. The van der Waals surface area contributed by atoms with E-state index in [9.17, 15) is 4.79 Å². The number of carbonyl (C=O) groups excluding carboxylic acids is 1. The monoisotopic (exact) mass is 202 g/mol. The van der Waals surface area contributed by atoms with Gasteiger partial charge in [-0.05, 0) is 18.6 Å². The summed E-state index contributed by atoms with van der Waals surface area (Å²) in [6.45, 7) is 2.72. The number of thioether (sulfide) groups is 1. The molecule has 0 bridgehead atoms. The highest BCUT2D eigenvalue weighted by molar-refractivity contribution is 7.99. The van der Waals surface area contributed by atoms with Gasteiger partial charge in [0.05, 0.1) is 0 Å². The van der Waals surface area contributed by atoms with E-state index in [1.165, 1.54) is 0 Å². The van der Waals surface area contributed by atoms with Crippen molar-refractivity contribution in [3.63, 3.8) is 0 Å². The molecule has 0 aromatic heterocycles. The van der Waals surface area contributed by atoms with Gasteiger partial charge in [-0.25, -0.2) is 0 Å². The molecule has 1 rings (SSSR count). The Balaban J connectivity index is 2.28. The smallest absolute Gasteiger partial charge is 0.139 e. The largest absolute Gasteiger partial charge is 0.385 e. The molecule has 13 heavy (non-hydrogen) atoms. The molecule has 1 aliphatic rings. The zero-order chi connectivity index (χ0) is 9.68. The first-order valence-electron chi connectivity index (χ1n) is 4.86. The van der Waals surface area contributed by atoms with Gasteiger partial charge in [-0.1, -0.05) is 6.92 Å². The highest BCUT2D eigenvalue weighted by Crippen LogP contribution is 2.27. The van der Waals surface area contributed by atoms with E-state index in [0.717, 1.165) is 24.3 Å². The molecule has 1 fully saturated rings. The second kappa shape index (κ2) is 5.66. The van der Waals surface area contributed by atoms with Gasteiger partial charge in [0.15, 0.2) is 0 Å². The Morgan fingerprint density at radius 3 is 3.00 bits per heavy atom. The molecule has 0 saturated carbocycles. The minimum atomic E-state index is 0.184. The van der Waals surface area contributed by atoms with Crippen LogP contribution in [0.15, 0.2) is 0 Å². The maximum atomic E-state index is 11.8. The molecule has 0 spiro atoms. The van der Waals surface area contributed by atoms with Crippen molar-refractivity contribution in [3.8, 4) is 0 Å². The summed E-state index contributed by atoms with van der Waals surface area (Å²) in [5.41, 5.74) is 0. The molecular formula is C10H18O2S. The Morgan fingerprint density at radius 1 is 1.69 bits per heavy atom. The average Bonchev–Trinajstić information content (AvgIpc) is 2.65. The maximum Gasteiger partial charge on any atom is 0.139 e. The molecule has 1 heterocycles. The molecule has 0 N–H and O–H groups in total. The zero-order valence-electron chi connectivity index (χ0n) is 8.41. The molecule has 2 nitrogen and oxygen atoms in total. The Bertz CT molecular complexity index is 164. The number of Topliss-reactive ketones (excluding diaryl/α,β-unsaturated/α-hetero) is 1. The van der Waals surface area contributed by atoms with Crippen molar-refractivity contribution in [2.45, 2.75) is 19.8 Å². The first-order chi connectivity index (χ1) is 6.25. The summed E-state index contributed by atoms with van der Waals surface area (Å²) in [5, 5.41) is 0. The standard InChI is InChI=1S/C10H18O2S/c1-8(3-5-12-2)10(11)9-4-6-13-7-9/h8-9H,3-7H2,1-2H3. The minimum absolute atomic E-state index is 0.184. The fraction of sp³-hybridized carbons (Fsp3) is 0.900. The average molecular weight is 202 g/mol. The number of hydrogen-bond donors (Lipinski definition) is 0. The van der Waals surface area contributed by atoms with Gasteiger partial charge < -0.3 is 4.74 Å². The molecule has 1 aliphatic heterocycles. The van der Waals surface area contributed by atoms with Crippen LogP contribution in [0.4, 0.5) is 0 Å². The lowest BCUT2D eigenvalue weighted by Crippen LogP contribution is -2.22. The lowest BCUT2D eigenvalue weighted by atomic mass is 9.92. The van der Waals surface area contributed by atoms with Gasteiger partial charge in [0.1, 0.15) is 5.78 Å². The van der Waals surface area contributed by atoms with Crippen molar-refractivity contribution < 1.29 is 9.53 Å². The lowest BCUT2D eigenvalue weighted by Gasteiger charge is -2.13. The number of hydrogen-bond acceptors (Lipinski definition) is 3. The van der Waals surface area contributed by atoms with Crippen molar-refractivity contribution >= 4 is 17.5 Å². The summed E-state index contributed by atoms with van der Waals surface area (Å²) < 4.78 is 4.97. The summed E-state index contributed by atoms with van der Waals surface area (Å²) in [4.78, 5) is 11.8. The van der Waals surface area contributed by atoms with E-state index in [1.807, 2.05) is 18.7 Å². The third kappa shape index (κ3) is 3.31. The van der Waals surface area contributed by atoms with E-state index in [0.29, 0.717) is 18.3 Å². The molecule has 3 heteroatoms. The van der Waals surface area contributed by atoms with E-state index < -0.39 is 0 Å². The molecule has 2 unspecified atom stereocenters. The van der Waals surface area contributed by atoms with Crippen LogP contribution < -0.4 is 0 Å². The van der Waals surface area contributed by atoms with Gasteiger partial charge in [0.25, 0.3) is 0 Å². The molecular weight excluding hydrogens is 184 g/mol. The Hall–Kier alpha value is -0.0200. The van der Waals surface area contributed by atoms with E-state index in [4.69, 9.17) is 4.74 Å². The van der Waals surface area contributed by atoms with E-state index in [-0.39, 0.29) is 5.92 Å². The highest BCUT2D eigenvalue weighted by atomic mass is 32.2. The first kappa shape index (κ1) is 11.1. The van der Waals surface area contributed by atoms with Crippen LogP contribution in [0, 0.1) is 11.8 Å². The summed E-state index contributed by atoms with van der Waals surface area (Å²) in [6, 6.07) is 0. The predicted octanol–water partition coefficient (Wildman–Crippen LogP) is 1.98. The molecule has 1 saturated heterocycles. The van der Waals surface area contributed by atoms with Crippen molar-refractivity contribution in [1.29, 1.82) is 0 Å². The van der Waals surface area contributed by atoms with Crippen LogP contribution in [-0.2, 0) is 9.53 Å². The molecule has 0 aliphatic carbocycles. The Kier molecular flexibility index (Phi) is 4.81. The third-order valence-electron chi connectivity index (χ3n) is 2.57. The summed E-state index contributed by atoms with van der Waals surface area (Å²) in [7, 11) is 1.68. The Morgan fingerprint density at radius 2 is 2.46 bits per heavy atom. The molecule has 2 atom stereocenters. The second-order valence-corrected chi connectivity index (χ2v) is 4.80. The van der Waals surface area contributed by atoms with Crippen molar-refractivity contribution in [1.82, 2.24) is 0 Å². The summed E-state index contributed by atoms with van der Waals surface area (Å²) in [6.07, 6.45) is 1.96. The fourth-order valence-corrected chi connectivity index (χ4v) is 2.83. The second-order valence-electron chi connectivity index (χ2n) is 3.65. The van der Waals surface area contributed by atoms with E-state index in [2.05, 4.69) is 0 Å². The van der Waals surface area contributed by atoms with Gasteiger partial charge >= 0.3 is 0 Å². The predicted molar refractivity (Wildman–Crippen MR) is 56.1 cm³/mol. The molecule has 0 aromatic rings. The quantitative estimate of drug-likeness (QED) is 0.682. The van der Waals surface area contributed by atoms with Crippen molar-refractivity contribution in [3.05, 3.63) is 0 Å². The number of ketones is 1. The van der Waals surface area contributed by atoms with Gasteiger partial charge in [0.2, 0.25) is 0 Å². The Labute approximate surface area is 84.4 Å². The summed E-state index contributed by atoms with van der Waals surface area (Å²) >= 11 is 1.90. The SMILES string of the molecule is COCCC(C)C(=O)C1CCSC1. The van der Waals surface area contributed by atoms with Crippen molar-refractivity contribution in [2.24, 2.45) is 11.8 Å². The third-order valence-corrected chi connectivity index (χ3v) is 3.74. The number of ether oxygens (including phenoxy) is 1. The molecule has 0 radical (unpaired) electrons. The van der Waals surface area contributed by atoms with Gasteiger partial charge in [-0.3, -0.25) is 4.79 Å². The van der Waals surface area contributed by atoms with Crippen molar-refractivity contribution in [2.75, 3.05) is 25.2 Å². The normalized spacial score (nSPS) is 24.6. The van der Waals surface area contributed by atoms with Crippen LogP contribution >= 0.6 is 11.8 Å². The van der Waals surface area contributed by atoms with Gasteiger partial charge in [-0.15, -0.1) is 0 Å². The number of carbonyl (C=O) groups is 1. The highest BCUT2D eigenvalue weighted by Gasteiger charge is 2.26. The van der Waals surface area contributed by atoms with Gasteiger partial charge in [-0.2, -0.15) is 11.8 Å². The van der Waals surface area contributed by atoms with Crippen LogP contribution in [-0.4, -0.2) is 31.0 Å². The number of rotatable bonds is 5. The van der Waals surface area contributed by atoms with Crippen LogP contribution in [0.3, 0.4) is 0 Å². The van der Waals surface area contributed by atoms with Crippen LogP contribution in [0.2, 0.25) is 0 Å². The fourth-order valence-electron chi connectivity index (χ4n) is 1.60. The van der Waals surface area contributed by atoms with Gasteiger partial charge in [0, 0.05) is 31.3 Å². The van der Waals surface area contributed by atoms with Crippen LogP contribution in [0.1, 0.15) is 19.8 Å². The van der Waals surface area contributed by atoms with Crippen LogP contribution in [0.5, 0.6) is 0 Å². The van der Waals surface area contributed by atoms with E-state index >= 15 is 0 Å². The molecule has 76 valence electrons. The molecule has 0 amide bonds. The topological polar surface area (TPSA) is 26.3 Å². The van der Waals surface area contributed by atoms with Crippen LogP contribution in [0.25, 0.3) is 0 Å². The first-order valence-corrected chi connectivity index (χ1v) is 6.01. The molecule has 0 aromatic carbocycles. The van der Waals surface area contributed by atoms with E-state index in [1.54, 1.807) is 7.11 Å².